The van der Waals surface area contributed by atoms with Gasteiger partial charge in [-0.05, 0) is 25.0 Å². The molecular weight excluding hydrogens is 451 g/mol. The minimum absolute atomic E-state index is 0. The zero-order valence-corrected chi connectivity index (χ0v) is 18.2. The highest BCUT2D eigenvalue weighted by Crippen LogP contribution is 2.16. The monoisotopic (exact) mass is 478 g/mol. The van der Waals surface area contributed by atoms with Crippen LogP contribution in [0.3, 0.4) is 0 Å². The Morgan fingerprint density at radius 3 is 2.76 bits per heavy atom. The average molecular weight is 479 g/mol. The van der Waals surface area contributed by atoms with E-state index in [0.29, 0.717) is 6.54 Å². The highest BCUT2D eigenvalue weighted by atomic mass is 127. The molecule has 1 unspecified atom stereocenters. The van der Waals surface area contributed by atoms with E-state index >= 15 is 0 Å². The Morgan fingerprint density at radius 2 is 2.12 bits per heavy atom. The van der Waals surface area contributed by atoms with Gasteiger partial charge in [-0.25, -0.2) is 4.99 Å². The lowest BCUT2D eigenvalue weighted by molar-refractivity contribution is -0.133. The number of carbonyl (C=O) groups excluding carboxylic acids is 1. The third-order valence-electron chi connectivity index (χ3n) is 4.04. The quantitative estimate of drug-likeness (QED) is 0.388. The topological polar surface area (TPSA) is 56.7 Å². The first-order chi connectivity index (χ1) is 11.5. The molecular formula is C18H28ClIN4O. The van der Waals surface area contributed by atoms with Crippen molar-refractivity contribution in [2.45, 2.75) is 39.8 Å². The maximum Gasteiger partial charge on any atom is 0.225 e. The van der Waals surface area contributed by atoms with E-state index in [1.807, 2.05) is 49.9 Å². The van der Waals surface area contributed by atoms with Crippen LogP contribution in [0.4, 0.5) is 0 Å². The smallest absolute Gasteiger partial charge is 0.225 e. The van der Waals surface area contributed by atoms with Crippen LogP contribution in [0, 0.1) is 5.92 Å². The molecule has 0 aromatic heterocycles. The van der Waals surface area contributed by atoms with E-state index in [-0.39, 0.29) is 41.8 Å². The molecule has 1 amide bonds. The second-order valence-corrected chi connectivity index (χ2v) is 6.76. The van der Waals surface area contributed by atoms with E-state index in [4.69, 9.17) is 11.6 Å². The first-order valence-corrected chi connectivity index (χ1v) is 8.96. The van der Waals surface area contributed by atoms with Crippen molar-refractivity contribution in [2.24, 2.45) is 10.9 Å². The molecule has 1 aromatic rings. The lowest BCUT2D eigenvalue weighted by atomic mass is 10.2. The molecule has 7 heteroatoms. The largest absolute Gasteiger partial charge is 0.357 e. The zero-order valence-electron chi connectivity index (χ0n) is 15.1. The van der Waals surface area contributed by atoms with E-state index in [0.717, 1.165) is 42.6 Å². The number of rotatable bonds is 5. The molecule has 2 rings (SSSR count). The first kappa shape index (κ1) is 22.0. The Kier molecular flexibility index (Phi) is 9.56. The number of likely N-dealkylation sites (tertiary alicyclic amines) is 1. The van der Waals surface area contributed by atoms with Gasteiger partial charge in [0.1, 0.15) is 0 Å². The van der Waals surface area contributed by atoms with Gasteiger partial charge in [-0.2, -0.15) is 0 Å². The lowest BCUT2D eigenvalue weighted by Crippen LogP contribution is -2.45. The van der Waals surface area contributed by atoms with Gasteiger partial charge in [-0.15, -0.1) is 24.0 Å². The molecule has 1 aromatic carbocycles. The molecule has 0 radical (unpaired) electrons. The number of nitrogens with one attached hydrogen (secondary N) is 2. The normalized spacial score (nSPS) is 17.4. The second kappa shape index (κ2) is 10.9. The minimum Gasteiger partial charge on any atom is -0.357 e. The van der Waals surface area contributed by atoms with Crippen molar-refractivity contribution < 1.29 is 4.79 Å². The molecule has 0 aliphatic carbocycles. The summed E-state index contributed by atoms with van der Waals surface area (Å²) in [6.45, 7) is 8.77. The molecule has 140 valence electrons. The lowest BCUT2D eigenvalue weighted by Gasteiger charge is -2.20. The van der Waals surface area contributed by atoms with Gasteiger partial charge in [0.15, 0.2) is 5.96 Å². The highest BCUT2D eigenvalue weighted by molar-refractivity contribution is 14.0. The number of hydrogen-bond donors (Lipinski definition) is 2. The molecule has 1 aliphatic rings. The van der Waals surface area contributed by atoms with Crippen LogP contribution in [0.2, 0.25) is 5.02 Å². The van der Waals surface area contributed by atoms with E-state index < -0.39 is 0 Å². The number of nitrogens with zero attached hydrogens (tertiary/aromatic N) is 2. The predicted molar refractivity (Wildman–Crippen MR) is 115 cm³/mol. The van der Waals surface area contributed by atoms with E-state index in [1.54, 1.807) is 0 Å². The van der Waals surface area contributed by atoms with Crippen molar-refractivity contribution in [3.8, 4) is 0 Å². The third kappa shape index (κ3) is 6.66. The Hall–Kier alpha value is -1.02. The summed E-state index contributed by atoms with van der Waals surface area (Å²) < 4.78 is 0. The van der Waals surface area contributed by atoms with Gasteiger partial charge in [0.2, 0.25) is 5.91 Å². The van der Waals surface area contributed by atoms with Crippen molar-refractivity contribution in [1.82, 2.24) is 15.5 Å². The number of halogens is 2. The summed E-state index contributed by atoms with van der Waals surface area (Å²) in [6.07, 6.45) is 0.939. The minimum atomic E-state index is 0. The van der Waals surface area contributed by atoms with Crippen LogP contribution < -0.4 is 10.6 Å². The standard InChI is InChI=1S/C18H27ClN4O.HI/c1-4-20-18(21-11-14-7-5-6-8-16(14)19)22-15-9-10-23(12-15)17(24)13(2)3;/h5-8,13,15H,4,9-12H2,1-3H3,(H2,20,21,22);1H. The summed E-state index contributed by atoms with van der Waals surface area (Å²) in [5, 5.41) is 7.42. The van der Waals surface area contributed by atoms with E-state index in [9.17, 15) is 4.79 Å². The number of hydrogen-bond acceptors (Lipinski definition) is 2. The van der Waals surface area contributed by atoms with Crippen LogP contribution in [0.5, 0.6) is 0 Å². The van der Waals surface area contributed by atoms with Crippen LogP contribution >= 0.6 is 35.6 Å². The van der Waals surface area contributed by atoms with Crippen molar-refractivity contribution >= 4 is 47.4 Å². The van der Waals surface area contributed by atoms with Crippen molar-refractivity contribution in [3.05, 3.63) is 34.9 Å². The van der Waals surface area contributed by atoms with E-state index in [2.05, 4.69) is 15.6 Å². The molecule has 1 aliphatic heterocycles. The first-order valence-electron chi connectivity index (χ1n) is 8.58. The van der Waals surface area contributed by atoms with E-state index in [1.165, 1.54) is 0 Å². The molecule has 0 saturated carbocycles. The molecule has 1 fully saturated rings. The van der Waals surface area contributed by atoms with Crippen LogP contribution in [0.25, 0.3) is 0 Å². The van der Waals surface area contributed by atoms with Crippen molar-refractivity contribution in [3.63, 3.8) is 0 Å². The Bertz CT molecular complexity index is 594. The summed E-state index contributed by atoms with van der Waals surface area (Å²) in [5.74, 6) is 1.03. The van der Waals surface area contributed by atoms with Crippen LogP contribution in [0.15, 0.2) is 29.3 Å². The van der Waals surface area contributed by atoms with Gasteiger partial charge in [-0.3, -0.25) is 4.79 Å². The molecule has 1 atom stereocenters. The fourth-order valence-electron chi connectivity index (χ4n) is 2.75. The van der Waals surface area contributed by atoms with Crippen molar-refractivity contribution in [1.29, 1.82) is 0 Å². The van der Waals surface area contributed by atoms with Gasteiger partial charge < -0.3 is 15.5 Å². The third-order valence-corrected chi connectivity index (χ3v) is 4.41. The van der Waals surface area contributed by atoms with Crippen LogP contribution in [0.1, 0.15) is 32.8 Å². The van der Waals surface area contributed by atoms with Gasteiger partial charge in [0.05, 0.1) is 6.54 Å². The number of amides is 1. The maximum atomic E-state index is 12.1. The van der Waals surface area contributed by atoms with Gasteiger partial charge in [-0.1, -0.05) is 43.6 Å². The van der Waals surface area contributed by atoms with Gasteiger partial charge in [0.25, 0.3) is 0 Å². The van der Waals surface area contributed by atoms with Crippen LogP contribution in [-0.2, 0) is 11.3 Å². The number of guanidine groups is 1. The molecule has 0 bridgehead atoms. The Labute approximate surface area is 172 Å². The number of benzene rings is 1. The molecule has 5 nitrogen and oxygen atoms in total. The summed E-state index contributed by atoms with van der Waals surface area (Å²) in [5.41, 5.74) is 0.999. The second-order valence-electron chi connectivity index (χ2n) is 6.36. The zero-order chi connectivity index (χ0) is 17.5. The Balaban J connectivity index is 0.00000312. The van der Waals surface area contributed by atoms with Gasteiger partial charge >= 0.3 is 0 Å². The highest BCUT2D eigenvalue weighted by Gasteiger charge is 2.27. The number of aliphatic imine (C=N–C) groups is 1. The average Bonchev–Trinajstić information content (AvgIpc) is 3.01. The molecule has 1 saturated heterocycles. The number of carbonyl (C=O) groups is 1. The maximum absolute atomic E-state index is 12.1. The summed E-state index contributed by atoms with van der Waals surface area (Å²) in [4.78, 5) is 18.6. The summed E-state index contributed by atoms with van der Waals surface area (Å²) >= 11 is 6.18. The SMILES string of the molecule is CCNC(=NCc1ccccc1Cl)NC1CCN(C(=O)C(C)C)C1.I. The molecule has 25 heavy (non-hydrogen) atoms. The fourth-order valence-corrected chi connectivity index (χ4v) is 2.94. The molecule has 0 spiro atoms. The summed E-state index contributed by atoms with van der Waals surface area (Å²) in [7, 11) is 0. The predicted octanol–water partition coefficient (Wildman–Crippen LogP) is 3.27. The Morgan fingerprint density at radius 1 is 1.40 bits per heavy atom. The summed E-state index contributed by atoms with van der Waals surface area (Å²) in [6, 6.07) is 7.96. The van der Waals surface area contributed by atoms with Crippen molar-refractivity contribution in [2.75, 3.05) is 19.6 Å². The van der Waals surface area contributed by atoms with Crippen LogP contribution in [-0.4, -0.2) is 42.4 Å². The van der Waals surface area contributed by atoms with Gasteiger partial charge in [0, 0.05) is 36.6 Å². The fraction of sp³-hybridized carbons (Fsp3) is 0.556. The molecule has 1 heterocycles. The molecule has 2 N–H and O–H groups in total.